The Kier molecular flexibility index (Phi) is 5.80. The standard InChI is InChI=1S/C18H22Cl2N2O2/c19-14-6-5-13(10-15(14)20)11-18(24)22-9-3-4-17(23)16(22)12-21-7-1-2-8-21/h5-6,10,16H,1-4,7-9,11-12H2. The van der Waals surface area contributed by atoms with Gasteiger partial charge in [-0.15, -0.1) is 0 Å². The first-order chi connectivity index (χ1) is 11.5. The molecule has 6 heteroatoms. The van der Waals surface area contributed by atoms with Crippen molar-refractivity contribution in [3.63, 3.8) is 0 Å². The summed E-state index contributed by atoms with van der Waals surface area (Å²) in [5.41, 5.74) is 0.826. The zero-order valence-electron chi connectivity index (χ0n) is 13.6. The minimum atomic E-state index is -0.299. The normalized spacial score (nSPS) is 22.2. The van der Waals surface area contributed by atoms with Gasteiger partial charge in [0.1, 0.15) is 6.04 Å². The number of rotatable bonds is 4. The minimum Gasteiger partial charge on any atom is -0.331 e. The summed E-state index contributed by atoms with van der Waals surface area (Å²) in [4.78, 5) is 29.2. The highest BCUT2D eigenvalue weighted by molar-refractivity contribution is 6.42. The van der Waals surface area contributed by atoms with Crippen molar-refractivity contribution < 1.29 is 9.59 Å². The molecule has 3 rings (SSSR count). The Morgan fingerprint density at radius 3 is 2.54 bits per heavy atom. The molecule has 130 valence electrons. The molecule has 1 aromatic rings. The lowest BCUT2D eigenvalue weighted by molar-refractivity contribution is -0.142. The number of hydrogen-bond acceptors (Lipinski definition) is 3. The van der Waals surface area contributed by atoms with E-state index in [0.717, 1.165) is 25.1 Å². The Bertz CT molecular complexity index is 629. The average Bonchev–Trinajstić information content (AvgIpc) is 3.06. The van der Waals surface area contributed by atoms with Gasteiger partial charge in [-0.2, -0.15) is 0 Å². The van der Waals surface area contributed by atoms with E-state index < -0.39 is 0 Å². The quantitative estimate of drug-likeness (QED) is 0.819. The van der Waals surface area contributed by atoms with E-state index in [4.69, 9.17) is 23.2 Å². The monoisotopic (exact) mass is 368 g/mol. The number of nitrogens with zero attached hydrogens (tertiary/aromatic N) is 2. The highest BCUT2D eigenvalue weighted by Crippen LogP contribution is 2.24. The Hall–Kier alpha value is -1.10. The second-order valence-electron chi connectivity index (χ2n) is 6.61. The summed E-state index contributed by atoms with van der Waals surface area (Å²) in [5.74, 6) is 0.182. The van der Waals surface area contributed by atoms with Crippen LogP contribution in [-0.4, -0.2) is 53.7 Å². The molecule has 0 N–H and O–H groups in total. The molecule has 4 nitrogen and oxygen atoms in total. The fourth-order valence-corrected chi connectivity index (χ4v) is 3.88. The molecule has 24 heavy (non-hydrogen) atoms. The predicted octanol–water partition coefficient (Wildman–Crippen LogP) is 3.19. The van der Waals surface area contributed by atoms with Crippen molar-refractivity contribution in [2.24, 2.45) is 0 Å². The summed E-state index contributed by atoms with van der Waals surface area (Å²) in [6.45, 7) is 3.38. The maximum Gasteiger partial charge on any atom is 0.227 e. The maximum atomic E-state index is 12.8. The van der Waals surface area contributed by atoms with Gasteiger partial charge in [0, 0.05) is 19.5 Å². The van der Waals surface area contributed by atoms with Gasteiger partial charge in [0.2, 0.25) is 5.91 Å². The minimum absolute atomic E-state index is 0.00867. The van der Waals surface area contributed by atoms with Gasteiger partial charge < -0.3 is 9.80 Å². The summed E-state index contributed by atoms with van der Waals surface area (Å²) < 4.78 is 0. The Morgan fingerprint density at radius 2 is 1.83 bits per heavy atom. The van der Waals surface area contributed by atoms with Crippen molar-refractivity contribution in [3.05, 3.63) is 33.8 Å². The topological polar surface area (TPSA) is 40.6 Å². The van der Waals surface area contributed by atoms with Crippen LogP contribution in [-0.2, 0) is 16.0 Å². The van der Waals surface area contributed by atoms with Crippen molar-refractivity contribution in [3.8, 4) is 0 Å². The van der Waals surface area contributed by atoms with Crippen LogP contribution in [0.5, 0.6) is 0 Å². The smallest absolute Gasteiger partial charge is 0.227 e. The fraction of sp³-hybridized carbons (Fsp3) is 0.556. The van der Waals surface area contributed by atoms with Crippen molar-refractivity contribution in [2.75, 3.05) is 26.2 Å². The molecule has 1 aromatic carbocycles. The summed E-state index contributed by atoms with van der Waals surface area (Å²) in [6.07, 6.45) is 3.94. The van der Waals surface area contributed by atoms with E-state index in [1.54, 1.807) is 17.0 Å². The summed E-state index contributed by atoms with van der Waals surface area (Å²) in [5, 5.41) is 0.929. The molecule has 2 fully saturated rings. The van der Waals surface area contributed by atoms with Gasteiger partial charge in [-0.1, -0.05) is 29.3 Å². The molecule has 2 heterocycles. The van der Waals surface area contributed by atoms with E-state index in [0.29, 0.717) is 29.6 Å². The molecule has 1 amide bonds. The lowest BCUT2D eigenvalue weighted by atomic mass is 9.98. The van der Waals surface area contributed by atoms with Crippen LogP contribution in [0.15, 0.2) is 18.2 Å². The van der Waals surface area contributed by atoms with Gasteiger partial charge in [0.15, 0.2) is 5.78 Å². The molecule has 2 saturated heterocycles. The summed E-state index contributed by atoms with van der Waals surface area (Å²) in [6, 6.07) is 4.94. The van der Waals surface area contributed by atoms with E-state index >= 15 is 0 Å². The summed E-state index contributed by atoms with van der Waals surface area (Å²) in [7, 11) is 0. The fourth-order valence-electron chi connectivity index (χ4n) is 3.55. The molecule has 0 spiro atoms. The van der Waals surface area contributed by atoms with Crippen LogP contribution in [0.25, 0.3) is 0 Å². The molecule has 0 radical (unpaired) electrons. The number of Topliss-reactive ketones (excluding diaryl/α,β-unsaturated/α-hetero) is 1. The van der Waals surface area contributed by atoms with Crippen LogP contribution in [0.3, 0.4) is 0 Å². The van der Waals surface area contributed by atoms with Gasteiger partial charge >= 0.3 is 0 Å². The number of benzene rings is 1. The first-order valence-corrected chi connectivity index (χ1v) is 9.28. The lowest BCUT2D eigenvalue weighted by Gasteiger charge is -2.36. The third kappa shape index (κ3) is 4.11. The van der Waals surface area contributed by atoms with Crippen LogP contribution < -0.4 is 0 Å². The molecule has 1 atom stereocenters. The number of carbonyl (C=O) groups excluding carboxylic acids is 2. The zero-order chi connectivity index (χ0) is 17.1. The molecule has 2 aliphatic rings. The molecule has 0 bridgehead atoms. The second kappa shape index (κ2) is 7.85. The first kappa shape index (κ1) is 17.7. The Balaban J connectivity index is 1.70. The number of carbonyl (C=O) groups is 2. The third-order valence-corrected chi connectivity index (χ3v) is 5.60. The van der Waals surface area contributed by atoms with E-state index in [1.165, 1.54) is 12.8 Å². The first-order valence-electron chi connectivity index (χ1n) is 8.53. The second-order valence-corrected chi connectivity index (χ2v) is 7.42. The molecule has 1 unspecified atom stereocenters. The van der Waals surface area contributed by atoms with Gasteiger partial charge in [-0.3, -0.25) is 9.59 Å². The molecule has 0 aromatic heterocycles. The third-order valence-electron chi connectivity index (χ3n) is 4.86. The SMILES string of the molecule is O=C1CCCN(C(=O)Cc2ccc(Cl)c(Cl)c2)C1CN1CCCC1. The molecule has 0 saturated carbocycles. The van der Waals surface area contributed by atoms with Crippen LogP contribution in [0.1, 0.15) is 31.2 Å². The van der Waals surface area contributed by atoms with Crippen LogP contribution in [0.4, 0.5) is 0 Å². The van der Waals surface area contributed by atoms with E-state index in [1.807, 2.05) is 6.07 Å². The van der Waals surface area contributed by atoms with Crippen LogP contribution in [0.2, 0.25) is 10.0 Å². The van der Waals surface area contributed by atoms with Crippen molar-refractivity contribution in [1.29, 1.82) is 0 Å². The largest absolute Gasteiger partial charge is 0.331 e. The zero-order valence-corrected chi connectivity index (χ0v) is 15.2. The highest BCUT2D eigenvalue weighted by Gasteiger charge is 2.34. The average molecular weight is 369 g/mol. The summed E-state index contributed by atoms with van der Waals surface area (Å²) >= 11 is 12.0. The van der Waals surface area contributed by atoms with E-state index in [9.17, 15) is 9.59 Å². The van der Waals surface area contributed by atoms with Crippen molar-refractivity contribution in [2.45, 2.75) is 38.1 Å². The van der Waals surface area contributed by atoms with Crippen molar-refractivity contribution >= 4 is 34.9 Å². The van der Waals surface area contributed by atoms with E-state index in [2.05, 4.69) is 4.90 Å². The van der Waals surface area contributed by atoms with Gasteiger partial charge in [0.05, 0.1) is 16.5 Å². The highest BCUT2D eigenvalue weighted by atomic mass is 35.5. The van der Waals surface area contributed by atoms with Crippen LogP contribution >= 0.6 is 23.2 Å². The number of amides is 1. The molecule has 2 aliphatic heterocycles. The van der Waals surface area contributed by atoms with Gasteiger partial charge in [0.25, 0.3) is 0 Å². The van der Waals surface area contributed by atoms with Gasteiger partial charge in [-0.25, -0.2) is 0 Å². The number of hydrogen-bond donors (Lipinski definition) is 0. The number of halogens is 2. The van der Waals surface area contributed by atoms with Crippen molar-refractivity contribution in [1.82, 2.24) is 9.80 Å². The predicted molar refractivity (Wildman–Crippen MR) is 95.6 cm³/mol. The molecular formula is C18H22Cl2N2O2. The molecule has 0 aliphatic carbocycles. The van der Waals surface area contributed by atoms with Gasteiger partial charge in [-0.05, 0) is 50.0 Å². The Labute approximate surface area is 152 Å². The Morgan fingerprint density at radius 1 is 1.08 bits per heavy atom. The number of likely N-dealkylation sites (tertiary alicyclic amines) is 2. The maximum absolute atomic E-state index is 12.8. The van der Waals surface area contributed by atoms with E-state index in [-0.39, 0.29) is 24.2 Å². The number of piperidine rings is 1. The van der Waals surface area contributed by atoms with Crippen LogP contribution in [0, 0.1) is 0 Å². The number of ketones is 1. The lowest BCUT2D eigenvalue weighted by Crippen LogP contribution is -2.54. The molecular weight excluding hydrogens is 347 g/mol.